The molecule has 1 rings (SSSR count). The van der Waals surface area contributed by atoms with Crippen molar-refractivity contribution in [3.8, 4) is 0 Å². The van der Waals surface area contributed by atoms with E-state index in [4.69, 9.17) is 0 Å². The average Bonchev–Trinajstić information content (AvgIpc) is 2.61. The van der Waals surface area contributed by atoms with Gasteiger partial charge in [0.2, 0.25) is 0 Å². The lowest BCUT2D eigenvalue weighted by Crippen LogP contribution is -2.28. The van der Waals surface area contributed by atoms with Gasteiger partial charge in [0.05, 0.1) is 6.04 Å². The Morgan fingerprint density at radius 2 is 2.12 bits per heavy atom. The highest BCUT2D eigenvalue weighted by atomic mass is 32.1. The summed E-state index contributed by atoms with van der Waals surface area (Å²) < 4.78 is 37.0. The van der Waals surface area contributed by atoms with Crippen molar-refractivity contribution in [3.05, 3.63) is 16.1 Å². The second-order valence-corrected chi connectivity index (χ2v) is 4.73. The Bertz CT molecular complexity index is 335. The monoisotopic (exact) mass is 253 g/mol. The zero-order chi connectivity index (χ0) is 12.3. The predicted octanol–water partition coefficient (Wildman–Crippen LogP) is 1.98. The Labute approximate surface area is 96.3 Å². The summed E-state index contributed by atoms with van der Waals surface area (Å²) in [6, 6.07) is -0.122. The van der Waals surface area contributed by atoms with Crippen LogP contribution in [0.2, 0.25) is 0 Å². The van der Waals surface area contributed by atoms with Gasteiger partial charge in [0.25, 0.3) is 0 Å². The summed E-state index contributed by atoms with van der Waals surface area (Å²) in [6.45, 7) is 0.635. The van der Waals surface area contributed by atoms with Gasteiger partial charge in [-0.3, -0.25) is 0 Å². The molecular weight excluding hydrogens is 239 g/mol. The van der Waals surface area contributed by atoms with Gasteiger partial charge in [-0.1, -0.05) is 0 Å². The van der Waals surface area contributed by atoms with Crippen LogP contribution < -0.4 is 5.32 Å². The summed E-state index contributed by atoms with van der Waals surface area (Å²) >= 11 is 0.689. The topological polar surface area (TPSA) is 28.2 Å². The van der Waals surface area contributed by atoms with Crippen LogP contribution in [0.5, 0.6) is 0 Å². The fourth-order valence-electron chi connectivity index (χ4n) is 1.27. The second kappa shape index (κ2) is 5.11. The van der Waals surface area contributed by atoms with Gasteiger partial charge >= 0.3 is 6.18 Å². The molecule has 0 fully saturated rings. The number of hydrogen-bond donors (Lipinski definition) is 1. The van der Waals surface area contributed by atoms with Crippen molar-refractivity contribution in [2.45, 2.75) is 12.2 Å². The minimum atomic E-state index is -4.35. The van der Waals surface area contributed by atoms with E-state index in [0.29, 0.717) is 22.8 Å². The third-order valence-corrected chi connectivity index (χ3v) is 3.16. The fourth-order valence-corrected chi connectivity index (χ4v) is 2.15. The molecule has 0 aliphatic carbocycles. The summed E-state index contributed by atoms with van der Waals surface area (Å²) in [7, 11) is 5.47. The van der Waals surface area contributed by atoms with Gasteiger partial charge < -0.3 is 10.2 Å². The molecule has 0 aliphatic heterocycles. The summed E-state index contributed by atoms with van der Waals surface area (Å²) in [6.07, 6.45) is -3.06. The van der Waals surface area contributed by atoms with Crippen molar-refractivity contribution >= 4 is 11.3 Å². The maximum atomic E-state index is 12.3. The molecule has 92 valence electrons. The Hall–Kier alpha value is -0.660. The first-order valence-corrected chi connectivity index (χ1v) is 5.51. The predicted molar refractivity (Wildman–Crippen MR) is 57.5 cm³/mol. The van der Waals surface area contributed by atoms with Crippen LogP contribution >= 0.6 is 11.3 Å². The minimum absolute atomic E-state index is 0.122. The van der Waals surface area contributed by atoms with Gasteiger partial charge in [0.15, 0.2) is 5.01 Å². The maximum absolute atomic E-state index is 12.3. The first-order chi connectivity index (χ1) is 7.34. The van der Waals surface area contributed by atoms with Crippen molar-refractivity contribution in [1.29, 1.82) is 0 Å². The molecule has 1 atom stereocenters. The van der Waals surface area contributed by atoms with Crippen LogP contribution in [0.15, 0.2) is 6.20 Å². The average molecular weight is 253 g/mol. The molecule has 1 unspecified atom stereocenters. The van der Waals surface area contributed by atoms with Gasteiger partial charge in [-0.15, -0.1) is 11.3 Å². The van der Waals surface area contributed by atoms with Crippen molar-refractivity contribution in [1.82, 2.24) is 15.2 Å². The molecule has 0 saturated carbocycles. The van der Waals surface area contributed by atoms with Crippen LogP contribution in [0.25, 0.3) is 0 Å². The first kappa shape index (κ1) is 13.4. The van der Waals surface area contributed by atoms with Crippen LogP contribution in [-0.4, -0.2) is 37.6 Å². The highest BCUT2D eigenvalue weighted by Crippen LogP contribution is 2.34. The lowest BCUT2D eigenvalue weighted by Gasteiger charge is -2.18. The lowest BCUT2D eigenvalue weighted by molar-refractivity contribution is -0.137. The van der Waals surface area contributed by atoms with E-state index in [0.717, 1.165) is 0 Å². The summed E-state index contributed by atoms with van der Waals surface area (Å²) in [5, 5.41) is 2.19. The number of hydrogen-bond acceptors (Lipinski definition) is 4. The van der Waals surface area contributed by atoms with E-state index < -0.39 is 11.2 Å². The number of alkyl halides is 3. The third kappa shape index (κ3) is 3.43. The van der Waals surface area contributed by atoms with E-state index in [9.17, 15) is 13.2 Å². The van der Waals surface area contributed by atoms with E-state index in [-0.39, 0.29) is 6.04 Å². The molecule has 1 aromatic rings. The van der Waals surface area contributed by atoms with Gasteiger partial charge in [-0.05, 0) is 21.1 Å². The van der Waals surface area contributed by atoms with Gasteiger partial charge in [0, 0.05) is 17.6 Å². The Balaban J connectivity index is 2.83. The van der Waals surface area contributed by atoms with E-state index >= 15 is 0 Å². The van der Waals surface area contributed by atoms with Crippen molar-refractivity contribution in [2.75, 3.05) is 27.7 Å². The Morgan fingerprint density at radius 3 is 2.50 bits per heavy atom. The summed E-state index contributed by atoms with van der Waals surface area (Å²) in [5.74, 6) is 0. The number of halogens is 3. The molecule has 0 amide bonds. The van der Waals surface area contributed by atoms with Crippen LogP contribution in [-0.2, 0) is 6.18 Å². The van der Waals surface area contributed by atoms with E-state index in [1.54, 1.807) is 7.05 Å². The molecule has 0 radical (unpaired) electrons. The molecule has 16 heavy (non-hydrogen) atoms. The molecule has 7 heteroatoms. The fraction of sp³-hybridized carbons (Fsp3) is 0.667. The van der Waals surface area contributed by atoms with Crippen LogP contribution in [0.4, 0.5) is 13.2 Å². The molecule has 0 aromatic carbocycles. The van der Waals surface area contributed by atoms with Gasteiger partial charge in [-0.2, -0.15) is 13.2 Å². The highest BCUT2D eigenvalue weighted by Gasteiger charge is 2.35. The third-order valence-electron chi connectivity index (χ3n) is 2.01. The van der Waals surface area contributed by atoms with E-state index in [1.165, 1.54) is 6.20 Å². The Morgan fingerprint density at radius 1 is 1.50 bits per heavy atom. The zero-order valence-corrected chi connectivity index (χ0v) is 10.1. The van der Waals surface area contributed by atoms with E-state index in [2.05, 4.69) is 10.3 Å². The minimum Gasteiger partial charge on any atom is -0.311 e. The lowest BCUT2D eigenvalue weighted by atomic mass is 10.2. The van der Waals surface area contributed by atoms with Crippen LogP contribution in [0, 0.1) is 0 Å². The first-order valence-electron chi connectivity index (χ1n) is 4.69. The molecule has 0 bridgehead atoms. The SMILES string of the molecule is CNC(CN(C)C)c1cnc(C(F)(F)F)s1. The Kier molecular flexibility index (Phi) is 4.28. The van der Waals surface area contributed by atoms with Gasteiger partial charge in [-0.25, -0.2) is 4.98 Å². The van der Waals surface area contributed by atoms with Crippen molar-refractivity contribution in [3.63, 3.8) is 0 Å². The molecule has 1 heterocycles. The molecule has 0 saturated heterocycles. The zero-order valence-electron chi connectivity index (χ0n) is 9.30. The summed E-state index contributed by atoms with van der Waals surface area (Å²) in [4.78, 5) is 5.91. The number of likely N-dealkylation sites (N-methyl/N-ethyl adjacent to an activating group) is 2. The van der Waals surface area contributed by atoms with Crippen LogP contribution in [0.1, 0.15) is 15.9 Å². The maximum Gasteiger partial charge on any atom is 0.443 e. The molecule has 0 spiro atoms. The van der Waals surface area contributed by atoms with Crippen LogP contribution in [0.3, 0.4) is 0 Å². The van der Waals surface area contributed by atoms with Crippen molar-refractivity contribution in [2.24, 2.45) is 0 Å². The van der Waals surface area contributed by atoms with E-state index in [1.807, 2.05) is 19.0 Å². The highest BCUT2D eigenvalue weighted by molar-refractivity contribution is 7.11. The molecule has 0 aliphatic rings. The van der Waals surface area contributed by atoms with Crippen molar-refractivity contribution < 1.29 is 13.2 Å². The molecule has 1 N–H and O–H groups in total. The molecule has 1 aromatic heterocycles. The number of rotatable bonds is 4. The number of thiazole rings is 1. The summed E-state index contributed by atoms with van der Waals surface area (Å²) in [5.41, 5.74) is 0. The normalized spacial score (nSPS) is 14.4. The number of nitrogens with zero attached hydrogens (tertiary/aromatic N) is 2. The quantitative estimate of drug-likeness (QED) is 0.889. The van der Waals surface area contributed by atoms with Gasteiger partial charge in [0.1, 0.15) is 0 Å². The largest absolute Gasteiger partial charge is 0.443 e. The standard InChI is InChI=1S/C9H14F3N3S/c1-13-6(5-15(2)3)7-4-14-8(16-7)9(10,11)12/h4,6,13H,5H2,1-3H3. The number of aromatic nitrogens is 1. The molecule has 3 nitrogen and oxygen atoms in total. The molecular formula is C9H14F3N3S. The smallest absolute Gasteiger partial charge is 0.311 e. The number of nitrogens with one attached hydrogen (secondary N) is 1. The second-order valence-electron chi connectivity index (χ2n) is 3.67.